The molecule has 1 aromatic carbocycles. The molecule has 0 radical (unpaired) electrons. The Morgan fingerprint density at radius 1 is 1.29 bits per heavy atom. The van der Waals surface area contributed by atoms with Crippen molar-refractivity contribution in [1.82, 2.24) is 20.4 Å². The Kier molecular flexibility index (Phi) is 5.52. The highest BCUT2D eigenvalue weighted by Gasteiger charge is 2.55. The van der Waals surface area contributed by atoms with Crippen LogP contribution >= 0.6 is 0 Å². The smallest absolute Gasteiger partial charge is 0.410 e. The van der Waals surface area contributed by atoms with Crippen LogP contribution in [0.4, 0.5) is 4.79 Å². The lowest BCUT2D eigenvalue weighted by molar-refractivity contribution is 0.104. The van der Waals surface area contributed by atoms with Crippen molar-refractivity contribution < 1.29 is 14.1 Å². The highest BCUT2D eigenvalue weighted by Crippen LogP contribution is 2.51. The summed E-state index contributed by atoms with van der Waals surface area (Å²) in [6.45, 7) is 6.42. The lowest BCUT2D eigenvalue weighted by atomic mass is 9.98. The van der Waals surface area contributed by atoms with E-state index < -0.39 is 0 Å². The Morgan fingerprint density at radius 3 is 2.77 bits per heavy atom. The molecule has 2 aromatic rings. The van der Waals surface area contributed by atoms with Gasteiger partial charge in [-0.2, -0.15) is 4.98 Å². The number of rotatable bonds is 8. The third-order valence-electron chi connectivity index (χ3n) is 6.88. The summed E-state index contributed by atoms with van der Waals surface area (Å²) in [5.41, 5.74) is 1.05. The molecule has 2 atom stereocenters. The fraction of sp³-hybridized carbons (Fsp3) is 0.542. The second-order valence-corrected chi connectivity index (χ2v) is 9.07. The lowest BCUT2D eigenvalue weighted by Gasteiger charge is -2.26. The largest absolute Gasteiger partial charge is 0.445 e. The van der Waals surface area contributed by atoms with Crippen LogP contribution in [0.2, 0.25) is 0 Å². The number of ether oxygens (including phenoxy) is 1. The van der Waals surface area contributed by atoms with E-state index in [-0.39, 0.29) is 24.2 Å². The average Bonchev–Trinajstić information content (AvgIpc) is 3.73. The zero-order chi connectivity index (χ0) is 21.3. The first-order chi connectivity index (χ1) is 15.2. The molecule has 1 N–H and O–H groups in total. The number of hydrogen-bond acceptors (Lipinski definition) is 6. The van der Waals surface area contributed by atoms with Crippen molar-refractivity contribution in [2.45, 2.75) is 55.4 Å². The van der Waals surface area contributed by atoms with Crippen molar-refractivity contribution in [3.63, 3.8) is 0 Å². The number of benzene rings is 1. The number of nitrogens with one attached hydrogen (secondary N) is 1. The van der Waals surface area contributed by atoms with E-state index in [1.807, 2.05) is 11.0 Å². The quantitative estimate of drug-likeness (QED) is 0.653. The first-order valence-electron chi connectivity index (χ1n) is 11.3. The molecule has 1 unspecified atom stereocenters. The summed E-state index contributed by atoms with van der Waals surface area (Å²) in [4.78, 5) is 19.6. The van der Waals surface area contributed by atoms with E-state index in [4.69, 9.17) is 14.2 Å². The molecule has 0 bridgehead atoms. The molecule has 2 aliphatic carbocycles. The van der Waals surface area contributed by atoms with E-state index in [0.29, 0.717) is 18.4 Å². The Balaban J connectivity index is 1.32. The van der Waals surface area contributed by atoms with Gasteiger partial charge in [0.2, 0.25) is 5.89 Å². The van der Waals surface area contributed by atoms with E-state index in [2.05, 4.69) is 41.3 Å². The van der Waals surface area contributed by atoms with Crippen molar-refractivity contribution in [2.24, 2.45) is 0 Å². The molecular weight excluding hydrogens is 392 g/mol. The van der Waals surface area contributed by atoms with Gasteiger partial charge in [-0.15, -0.1) is 0 Å². The van der Waals surface area contributed by atoms with Crippen LogP contribution in [0.5, 0.6) is 0 Å². The summed E-state index contributed by atoms with van der Waals surface area (Å²) in [5.74, 6) is 2.18. The van der Waals surface area contributed by atoms with Gasteiger partial charge in [0.1, 0.15) is 6.61 Å². The Hall–Kier alpha value is -2.67. The maximum Gasteiger partial charge on any atom is 0.410 e. The lowest BCUT2D eigenvalue weighted by Crippen LogP contribution is -2.40. The molecule has 0 spiro atoms. The van der Waals surface area contributed by atoms with Gasteiger partial charge in [-0.1, -0.05) is 48.1 Å². The number of carbonyl (C=O) groups is 1. The molecule has 1 saturated heterocycles. The molecule has 5 rings (SSSR count). The van der Waals surface area contributed by atoms with Crippen LogP contribution in [0.15, 0.2) is 47.5 Å². The fourth-order valence-corrected chi connectivity index (χ4v) is 4.73. The fourth-order valence-electron chi connectivity index (χ4n) is 4.73. The van der Waals surface area contributed by atoms with Crippen LogP contribution < -0.4 is 5.32 Å². The van der Waals surface area contributed by atoms with Gasteiger partial charge < -0.3 is 19.5 Å². The first-order valence-corrected chi connectivity index (χ1v) is 11.3. The van der Waals surface area contributed by atoms with Crippen LogP contribution in [0.25, 0.3) is 0 Å². The topological polar surface area (TPSA) is 80.5 Å². The number of aromatic nitrogens is 2. The zero-order valence-corrected chi connectivity index (χ0v) is 17.8. The predicted molar refractivity (Wildman–Crippen MR) is 116 cm³/mol. The molecule has 2 heterocycles. The van der Waals surface area contributed by atoms with Crippen molar-refractivity contribution in [3.05, 3.63) is 60.3 Å². The summed E-state index contributed by atoms with van der Waals surface area (Å²) < 4.78 is 11.1. The highest BCUT2D eigenvalue weighted by molar-refractivity contribution is 5.69. The molecule has 3 aliphatic rings. The molecule has 3 fully saturated rings. The van der Waals surface area contributed by atoms with Crippen molar-refractivity contribution in [1.29, 1.82) is 0 Å². The molecule has 31 heavy (non-hydrogen) atoms. The number of nitrogens with zero attached hydrogens (tertiary/aromatic N) is 3. The molecule has 164 valence electrons. The molecule has 1 amide bonds. The van der Waals surface area contributed by atoms with Crippen LogP contribution in [0.3, 0.4) is 0 Å². The van der Waals surface area contributed by atoms with Gasteiger partial charge in [0.15, 0.2) is 5.82 Å². The predicted octanol–water partition coefficient (Wildman–Crippen LogP) is 3.75. The van der Waals surface area contributed by atoms with Crippen LogP contribution in [0, 0.1) is 0 Å². The van der Waals surface area contributed by atoms with E-state index in [9.17, 15) is 4.79 Å². The molecule has 7 heteroatoms. The van der Waals surface area contributed by atoms with E-state index in [1.54, 1.807) is 6.08 Å². The van der Waals surface area contributed by atoms with Crippen molar-refractivity contribution in [3.8, 4) is 0 Å². The monoisotopic (exact) mass is 422 g/mol. The number of amides is 1. The number of carbonyl (C=O) groups excluding carboxylic acids is 1. The Labute approximate surface area is 182 Å². The standard InChI is InChI=1S/C24H30N4O3/c1-2-14-30-23(29)28(20-15-19(20)17-6-4-3-5-7-17)16-24(10-11-24)22-26-21(31-27-22)18-8-12-25-13-9-18/h2-7,18-20,25H,1,8-16H2/t19-,20?/m1/s1. The zero-order valence-electron chi connectivity index (χ0n) is 17.8. The SMILES string of the molecule is C=CCOC(=O)N(CC1(c2noc(C3CCNCC3)n2)CC1)C1C[C@@H]1c1ccccc1. The Morgan fingerprint density at radius 2 is 2.06 bits per heavy atom. The third-order valence-corrected chi connectivity index (χ3v) is 6.88. The summed E-state index contributed by atoms with van der Waals surface area (Å²) in [7, 11) is 0. The maximum absolute atomic E-state index is 12.9. The van der Waals surface area contributed by atoms with Crippen molar-refractivity contribution in [2.75, 3.05) is 26.2 Å². The maximum atomic E-state index is 12.9. The van der Waals surface area contributed by atoms with Gasteiger partial charge in [-0.25, -0.2) is 4.79 Å². The molecule has 7 nitrogen and oxygen atoms in total. The highest BCUT2D eigenvalue weighted by atomic mass is 16.6. The summed E-state index contributed by atoms with van der Waals surface area (Å²) >= 11 is 0. The second-order valence-electron chi connectivity index (χ2n) is 9.07. The molecule has 2 saturated carbocycles. The number of hydrogen-bond donors (Lipinski definition) is 1. The minimum absolute atomic E-state index is 0.146. The summed E-state index contributed by atoms with van der Waals surface area (Å²) in [6, 6.07) is 10.5. The van der Waals surface area contributed by atoms with Crippen LogP contribution in [-0.2, 0) is 10.2 Å². The van der Waals surface area contributed by atoms with Gasteiger partial charge in [0, 0.05) is 24.4 Å². The summed E-state index contributed by atoms with van der Waals surface area (Å²) in [6.07, 6.45) is 6.26. The summed E-state index contributed by atoms with van der Waals surface area (Å²) in [5, 5.41) is 7.73. The van der Waals surface area contributed by atoms with Crippen molar-refractivity contribution >= 4 is 6.09 Å². The van der Waals surface area contributed by atoms with E-state index in [0.717, 1.165) is 56.9 Å². The van der Waals surface area contributed by atoms with Crippen LogP contribution in [-0.4, -0.2) is 53.4 Å². The molecular formula is C24H30N4O3. The average molecular weight is 423 g/mol. The molecule has 1 aliphatic heterocycles. The van der Waals surface area contributed by atoms with Gasteiger partial charge >= 0.3 is 6.09 Å². The Bertz CT molecular complexity index is 918. The normalized spacial score (nSPS) is 24.4. The van der Waals surface area contributed by atoms with Gasteiger partial charge in [0.25, 0.3) is 0 Å². The van der Waals surface area contributed by atoms with Gasteiger partial charge in [-0.05, 0) is 50.8 Å². The minimum Gasteiger partial charge on any atom is -0.445 e. The minimum atomic E-state index is -0.281. The van der Waals surface area contributed by atoms with Gasteiger partial charge in [0.05, 0.1) is 5.41 Å². The van der Waals surface area contributed by atoms with Gasteiger partial charge in [-0.3, -0.25) is 0 Å². The molecule has 1 aromatic heterocycles. The third kappa shape index (κ3) is 4.24. The number of piperidine rings is 1. The van der Waals surface area contributed by atoms with Crippen LogP contribution in [0.1, 0.15) is 61.2 Å². The second kappa shape index (κ2) is 8.46. The van der Waals surface area contributed by atoms with E-state index >= 15 is 0 Å². The van der Waals surface area contributed by atoms with E-state index in [1.165, 1.54) is 5.56 Å². The first kappa shape index (κ1) is 20.2.